The highest BCUT2D eigenvalue weighted by Crippen LogP contribution is 2.31. The minimum Gasteiger partial charge on any atom is -0.359 e. The number of aromatic amines is 1. The summed E-state index contributed by atoms with van der Waals surface area (Å²) < 4.78 is 0. The third-order valence-corrected chi connectivity index (χ3v) is 5.10. The highest BCUT2D eigenvalue weighted by Gasteiger charge is 2.24. The summed E-state index contributed by atoms with van der Waals surface area (Å²) in [6, 6.07) is 5.77. The third-order valence-electron chi connectivity index (χ3n) is 5.10. The average molecular weight is 327 g/mol. The molecule has 0 bridgehead atoms. The molecule has 3 rings (SSSR count). The lowest BCUT2D eigenvalue weighted by molar-refractivity contribution is -0.121. The molecule has 1 aliphatic rings. The van der Waals surface area contributed by atoms with Gasteiger partial charge in [0.2, 0.25) is 5.91 Å². The molecule has 0 saturated carbocycles. The van der Waals surface area contributed by atoms with Gasteiger partial charge in [0.05, 0.1) is 11.1 Å². The highest BCUT2D eigenvalue weighted by molar-refractivity contribution is 6.07. The fourth-order valence-electron chi connectivity index (χ4n) is 3.51. The molecule has 24 heavy (non-hydrogen) atoms. The number of nitrogens with one attached hydrogen (secondary N) is 2. The number of hydrogen-bond donors (Lipinski definition) is 2. The molecule has 1 heterocycles. The number of amides is 2. The Morgan fingerprint density at radius 3 is 2.79 bits per heavy atom. The van der Waals surface area contributed by atoms with E-state index in [2.05, 4.69) is 16.4 Å². The predicted molar refractivity (Wildman–Crippen MR) is 95.2 cm³/mol. The zero-order chi connectivity index (χ0) is 17.3. The number of para-hydroxylation sites is 1. The lowest BCUT2D eigenvalue weighted by Gasteiger charge is -2.24. The van der Waals surface area contributed by atoms with Gasteiger partial charge in [0.25, 0.3) is 5.91 Å². The van der Waals surface area contributed by atoms with Gasteiger partial charge in [-0.3, -0.25) is 9.59 Å². The van der Waals surface area contributed by atoms with Gasteiger partial charge in [-0.15, -0.1) is 0 Å². The van der Waals surface area contributed by atoms with E-state index >= 15 is 0 Å². The van der Waals surface area contributed by atoms with Gasteiger partial charge in [-0.25, -0.2) is 0 Å². The Hall–Kier alpha value is -2.30. The van der Waals surface area contributed by atoms with Crippen LogP contribution in [-0.4, -0.2) is 41.8 Å². The molecule has 0 aliphatic heterocycles. The maximum absolute atomic E-state index is 13.0. The molecule has 0 radical (unpaired) electrons. The van der Waals surface area contributed by atoms with Crippen LogP contribution >= 0.6 is 0 Å². The Labute approximate surface area is 142 Å². The number of hydrogen-bond acceptors (Lipinski definition) is 2. The molecule has 2 amide bonds. The van der Waals surface area contributed by atoms with Crippen molar-refractivity contribution in [2.75, 3.05) is 14.1 Å². The van der Waals surface area contributed by atoms with E-state index in [1.807, 2.05) is 19.1 Å². The molecule has 0 saturated heterocycles. The van der Waals surface area contributed by atoms with Crippen LogP contribution in [0.5, 0.6) is 0 Å². The molecular weight excluding hydrogens is 302 g/mol. The van der Waals surface area contributed by atoms with Crippen molar-refractivity contribution in [2.45, 2.75) is 45.1 Å². The fraction of sp³-hybridized carbons (Fsp3) is 0.474. The molecule has 1 aromatic carbocycles. The fourth-order valence-corrected chi connectivity index (χ4v) is 3.51. The molecule has 2 aromatic rings. The van der Waals surface area contributed by atoms with Crippen molar-refractivity contribution in [3.63, 3.8) is 0 Å². The van der Waals surface area contributed by atoms with E-state index in [1.54, 1.807) is 19.0 Å². The van der Waals surface area contributed by atoms with Crippen LogP contribution in [0.2, 0.25) is 0 Å². The van der Waals surface area contributed by atoms with Gasteiger partial charge < -0.3 is 15.2 Å². The third kappa shape index (κ3) is 2.90. The van der Waals surface area contributed by atoms with Crippen LogP contribution in [-0.2, 0) is 17.6 Å². The molecule has 1 atom stereocenters. The summed E-state index contributed by atoms with van der Waals surface area (Å²) in [5.74, 6) is -0.105. The van der Waals surface area contributed by atoms with Crippen LogP contribution in [0.25, 0.3) is 10.9 Å². The first-order valence-electron chi connectivity index (χ1n) is 8.63. The quantitative estimate of drug-likeness (QED) is 0.907. The van der Waals surface area contributed by atoms with Gasteiger partial charge in [0, 0.05) is 37.6 Å². The van der Waals surface area contributed by atoms with Gasteiger partial charge in [-0.2, -0.15) is 0 Å². The largest absolute Gasteiger partial charge is 0.359 e. The van der Waals surface area contributed by atoms with Crippen molar-refractivity contribution in [1.29, 1.82) is 0 Å². The molecule has 2 N–H and O–H groups in total. The molecule has 128 valence electrons. The summed E-state index contributed by atoms with van der Waals surface area (Å²) in [7, 11) is 3.37. The van der Waals surface area contributed by atoms with Crippen LogP contribution in [0, 0.1) is 0 Å². The first kappa shape index (κ1) is 16.6. The van der Waals surface area contributed by atoms with Gasteiger partial charge in [0.15, 0.2) is 0 Å². The van der Waals surface area contributed by atoms with Gasteiger partial charge in [-0.05, 0) is 44.2 Å². The number of aromatic nitrogens is 1. The van der Waals surface area contributed by atoms with Crippen LogP contribution in [0.1, 0.15) is 47.8 Å². The standard InChI is InChI=1S/C19H25N3O2/c1-12(11-17(23)20-2)22(3)19(24)15-9-6-8-14-13-7-4-5-10-16(13)21-18(14)15/h6,8-9,12,21H,4-5,7,10-11H2,1-3H3,(H,20,23)/t12-/m1/s1. The van der Waals surface area contributed by atoms with Crippen molar-refractivity contribution >= 4 is 22.7 Å². The van der Waals surface area contributed by atoms with Crippen molar-refractivity contribution in [3.8, 4) is 0 Å². The molecule has 0 spiro atoms. The second-order valence-electron chi connectivity index (χ2n) is 6.66. The van der Waals surface area contributed by atoms with Gasteiger partial charge in [0.1, 0.15) is 0 Å². The first-order valence-corrected chi connectivity index (χ1v) is 8.63. The zero-order valence-electron chi connectivity index (χ0n) is 14.6. The Morgan fingerprint density at radius 1 is 1.29 bits per heavy atom. The maximum atomic E-state index is 13.0. The molecular formula is C19H25N3O2. The van der Waals surface area contributed by atoms with Gasteiger partial charge in [-0.1, -0.05) is 12.1 Å². The highest BCUT2D eigenvalue weighted by atomic mass is 16.2. The second kappa shape index (κ2) is 6.67. The lowest BCUT2D eigenvalue weighted by Crippen LogP contribution is -2.38. The maximum Gasteiger partial charge on any atom is 0.255 e. The Bertz CT molecular complexity index is 778. The number of fused-ring (bicyclic) bond motifs is 3. The average Bonchev–Trinajstić information content (AvgIpc) is 2.98. The van der Waals surface area contributed by atoms with E-state index in [4.69, 9.17) is 0 Å². The molecule has 1 aromatic heterocycles. The summed E-state index contributed by atoms with van der Waals surface area (Å²) in [6.45, 7) is 1.90. The number of nitrogens with zero attached hydrogens (tertiary/aromatic N) is 1. The van der Waals surface area contributed by atoms with E-state index < -0.39 is 0 Å². The minimum atomic E-state index is -0.155. The second-order valence-corrected chi connectivity index (χ2v) is 6.66. The van der Waals surface area contributed by atoms with Crippen molar-refractivity contribution in [1.82, 2.24) is 15.2 Å². The SMILES string of the molecule is CNC(=O)C[C@@H](C)N(C)C(=O)c1cccc2c3c([nH]c12)CCCC3. The summed E-state index contributed by atoms with van der Waals surface area (Å²) >= 11 is 0. The topological polar surface area (TPSA) is 65.2 Å². The lowest BCUT2D eigenvalue weighted by atomic mass is 9.95. The van der Waals surface area contributed by atoms with Crippen molar-refractivity contribution in [3.05, 3.63) is 35.0 Å². The normalized spacial score (nSPS) is 15.0. The van der Waals surface area contributed by atoms with Crippen LogP contribution in [0.15, 0.2) is 18.2 Å². The van der Waals surface area contributed by atoms with Crippen LogP contribution < -0.4 is 5.32 Å². The number of carbonyl (C=O) groups is 2. The van der Waals surface area contributed by atoms with Crippen LogP contribution in [0.4, 0.5) is 0 Å². The Balaban J connectivity index is 1.92. The monoisotopic (exact) mass is 327 g/mol. The summed E-state index contributed by atoms with van der Waals surface area (Å²) in [4.78, 5) is 29.7. The summed E-state index contributed by atoms with van der Waals surface area (Å²) in [5, 5.41) is 3.78. The van der Waals surface area contributed by atoms with Crippen LogP contribution in [0.3, 0.4) is 0 Å². The predicted octanol–water partition coefficient (Wildman–Crippen LogP) is 2.64. The van der Waals surface area contributed by atoms with E-state index in [-0.39, 0.29) is 17.9 Å². The zero-order valence-corrected chi connectivity index (χ0v) is 14.6. The number of aryl methyl sites for hydroxylation is 2. The van der Waals surface area contributed by atoms with E-state index in [0.29, 0.717) is 12.0 Å². The molecule has 1 aliphatic carbocycles. The van der Waals surface area contributed by atoms with E-state index in [1.165, 1.54) is 29.5 Å². The summed E-state index contributed by atoms with van der Waals surface area (Å²) in [5.41, 5.74) is 4.27. The number of H-pyrrole nitrogens is 1. The molecule has 0 fully saturated rings. The Kier molecular flexibility index (Phi) is 4.60. The van der Waals surface area contributed by atoms with Crippen molar-refractivity contribution < 1.29 is 9.59 Å². The molecule has 0 unspecified atom stereocenters. The first-order chi connectivity index (χ1) is 11.5. The molecule has 5 heteroatoms. The molecule has 5 nitrogen and oxygen atoms in total. The Morgan fingerprint density at radius 2 is 2.04 bits per heavy atom. The van der Waals surface area contributed by atoms with Gasteiger partial charge >= 0.3 is 0 Å². The number of carbonyl (C=O) groups excluding carboxylic acids is 2. The van der Waals surface area contributed by atoms with E-state index in [9.17, 15) is 9.59 Å². The number of rotatable bonds is 4. The minimum absolute atomic E-state index is 0.0457. The van der Waals surface area contributed by atoms with Crippen molar-refractivity contribution in [2.24, 2.45) is 0 Å². The van der Waals surface area contributed by atoms with E-state index in [0.717, 1.165) is 18.4 Å². The summed E-state index contributed by atoms with van der Waals surface area (Å²) in [6.07, 6.45) is 4.85. The number of benzene rings is 1. The smallest absolute Gasteiger partial charge is 0.255 e.